The van der Waals surface area contributed by atoms with Gasteiger partial charge in [0.25, 0.3) is 0 Å². The van der Waals surface area contributed by atoms with E-state index in [9.17, 15) is 15.0 Å². The molecule has 0 unspecified atom stereocenters. The van der Waals surface area contributed by atoms with E-state index in [2.05, 4.69) is 5.32 Å². The average molecular weight is 400 g/mol. The van der Waals surface area contributed by atoms with Gasteiger partial charge >= 0.3 is 5.97 Å². The number of aliphatic hydroxyl groups excluding tert-OH is 1. The Labute approximate surface area is 185 Å². The normalized spacial score (nSPS) is 17.3. The highest BCUT2D eigenvalue weighted by atomic mass is 16.4. The molecule has 0 spiro atoms. The molecule has 0 bridgehead atoms. The molecule has 0 saturated carbocycles. The minimum Gasteiger partial charge on any atom is -0.478 e. The molecule has 4 nitrogen and oxygen atoms in total. The Morgan fingerprint density at radius 1 is 1.17 bits per heavy atom. The number of benzene rings is 3. The van der Waals surface area contributed by atoms with Crippen molar-refractivity contribution in [2.24, 2.45) is 0 Å². The fraction of sp³-hybridized carbons (Fsp3) is 0.240. The van der Waals surface area contributed by atoms with Crippen LogP contribution in [0.15, 0.2) is 72.6 Å². The molecule has 0 heterocycles. The van der Waals surface area contributed by atoms with Gasteiger partial charge in [-0.25, -0.2) is 4.79 Å². The van der Waals surface area contributed by atoms with E-state index in [4.69, 9.17) is 13.7 Å². The first kappa shape index (κ1) is 11.3. The maximum absolute atomic E-state index is 11.7. The summed E-state index contributed by atoms with van der Waals surface area (Å²) < 4.78 is 82.3. The van der Waals surface area contributed by atoms with E-state index in [-0.39, 0.29) is 24.9 Å². The Kier molecular flexibility index (Phi) is 3.90. The van der Waals surface area contributed by atoms with Crippen LogP contribution >= 0.6 is 0 Å². The van der Waals surface area contributed by atoms with Crippen LogP contribution in [0.4, 0.5) is 0 Å². The topological polar surface area (TPSA) is 69.6 Å². The number of carboxylic acids is 1. The van der Waals surface area contributed by atoms with Gasteiger partial charge in [-0.05, 0) is 60.6 Å². The monoisotopic (exact) mass is 399 g/mol. The van der Waals surface area contributed by atoms with Gasteiger partial charge in [-0.15, -0.1) is 0 Å². The summed E-state index contributed by atoms with van der Waals surface area (Å²) in [6.45, 7) is -0.351. The van der Waals surface area contributed by atoms with E-state index in [0.717, 1.165) is 5.56 Å². The SMILES string of the molecule is [2H]c1c([2H])c(CCC([2H])([2H])NC[C@H](O)c2cccc(C)c2)c([2H])c(-c2c([2H])c([2H])c([2H])c(C(=O)O)c2[2H])c1[2H]. The Morgan fingerprint density at radius 2 is 1.93 bits per heavy atom. The Morgan fingerprint density at radius 3 is 2.69 bits per heavy atom. The summed E-state index contributed by atoms with van der Waals surface area (Å²) in [7, 11) is 0. The summed E-state index contributed by atoms with van der Waals surface area (Å²) in [5, 5.41) is 22.5. The number of carbonyl (C=O) groups is 1. The van der Waals surface area contributed by atoms with Crippen molar-refractivity contribution in [1.82, 2.24) is 5.32 Å². The van der Waals surface area contributed by atoms with Gasteiger partial charge in [0.2, 0.25) is 0 Å². The molecule has 0 aliphatic rings. The van der Waals surface area contributed by atoms with Gasteiger partial charge in [-0.1, -0.05) is 66.1 Å². The fourth-order valence-corrected chi connectivity index (χ4v) is 2.65. The molecule has 0 aliphatic heterocycles. The van der Waals surface area contributed by atoms with Crippen molar-refractivity contribution in [1.29, 1.82) is 0 Å². The molecule has 0 aliphatic carbocycles. The van der Waals surface area contributed by atoms with E-state index < -0.39 is 83.6 Å². The zero-order valence-electron chi connectivity index (χ0n) is 25.8. The predicted molar refractivity (Wildman–Crippen MR) is 116 cm³/mol. The minimum atomic E-state index is -2.08. The van der Waals surface area contributed by atoms with Gasteiger partial charge in [0.15, 0.2) is 0 Å². The molecular formula is C25H27NO3. The summed E-state index contributed by atoms with van der Waals surface area (Å²) in [5.41, 5.74) is -0.604. The van der Waals surface area contributed by atoms with Crippen molar-refractivity contribution in [2.75, 3.05) is 13.0 Å². The largest absolute Gasteiger partial charge is 0.478 e. The first-order valence-electron chi connectivity index (χ1n) is 14.0. The summed E-state index contributed by atoms with van der Waals surface area (Å²) in [5.74, 6) is -1.70. The molecule has 3 rings (SSSR count). The van der Waals surface area contributed by atoms with E-state index in [1.165, 1.54) is 0 Å². The number of rotatable bonds is 9. The lowest BCUT2D eigenvalue weighted by molar-refractivity contribution is 0.0697. The number of aliphatic hydroxyl groups is 1. The van der Waals surface area contributed by atoms with Crippen LogP contribution in [0, 0.1) is 6.92 Å². The fourth-order valence-electron chi connectivity index (χ4n) is 2.65. The second-order valence-electron chi connectivity index (χ2n) is 6.40. The third-order valence-corrected chi connectivity index (χ3v) is 4.11. The molecule has 0 amide bonds. The third-order valence-electron chi connectivity index (χ3n) is 4.11. The summed E-state index contributed by atoms with van der Waals surface area (Å²) in [6.07, 6.45) is -1.58. The molecule has 0 saturated heterocycles. The number of hydrogen-bond donors (Lipinski definition) is 3. The number of carboxylic acid groups (broad SMARTS) is 1. The predicted octanol–water partition coefficient (Wildman–Crippen LogP) is 4.62. The first-order valence-corrected chi connectivity index (χ1v) is 9.01. The van der Waals surface area contributed by atoms with Crippen LogP contribution in [0.3, 0.4) is 0 Å². The van der Waals surface area contributed by atoms with Crippen LogP contribution in [0.5, 0.6) is 0 Å². The highest BCUT2D eigenvalue weighted by molar-refractivity contribution is 5.89. The van der Waals surface area contributed by atoms with Crippen LogP contribution in [0.1, 0.15) is 53.3 Å². The smallest absolute Gasteiger partial charge is 0.335 e. The number of aryl methyl sites for hydroxylation is 1. The summed E-state index contributed by atoms with van der Waals surface area (Å²) in [4.78, 5) is 11.7. The lowest BCUT2D eigenvalue weighted by atomic mass is 9.99. The van der Waals surface area contributed by atoms with Crippen molar-refractivity contribution in [3.8, 4) is 11.1 Å². The van der Waals surface area contributed by atoms with Gasteiger partial charge in [0.1, 0.15) is 0 Å². The third kappa shape index (κ3) is 6.01. The van der Waals surface area contributed by atoms with Crippen LogP contribution in [-0.2, 0) is 6.42 Å². The van der Waals surface area contributed by atoms with Gasteiger partial charge < -0.3 is 15.5 Å². The number of hydrogen-bond acceptors (Lipinski definition) is 3. The van der Waals surface area contributed by atoms with Crippen LogP contribution < -0.4 is 5.32 Å². The minimum absolute atomic E-state index is 0.132. The molecule has 3 aromatic carbocycles. The molecule has 3 N–H and O–H groups in total. The van der Waals surface area contributed by atoms with Crippen molar-refractivity contribution in [3.05, 3.63) is 94.9 Å². The zero-order chi connectivity index (χ0) is 29.4. The lowest BCUT2D eigenvalue weighted by Crippen LogP contribution is -2.22. The molecule has 29 heavy (non-hydrogen) atoms. The molecule has 1 atom stereocenters. The molecule has 0 fully saturated rings. The van der Waals surface area contributed by atoms with Crippen molar-refractivity contribution in [3.63, 3.8) is 0 Å². The maximum atomic E-state index is 11.7. The first-order chi connectivity index (χ1) is 18.1. The van der Waals surface area contributed by atoms with E-state index in [1.807, 2.05) is 13.0 Å². The van der Waals surface area contributed by atoms with Crippen molar-refractivity contribution in [2.45, 2.75) is 25.9 Å². The molecule has 4 heteroatoms. The van der Waals surface area contributed by atoms with Gasteiger partial charge in [0.05, 0.1) is 22.6 Å². The summed E-state index contributed by atoms with van der Waals surface area (Å²) in [6, 6.07) is 1.32. The van der Waals surface area contributed by atoms with Gasteiger partial charge in [-0.3, -0.25) is 0 Å². The van der Waals surface area contributed by atoms with Gasteiger partial charge in [0, 0.05) is 9.29 Å². The van der Waals surface area contributed by atoms with Crippen molar-refractivity contribution < 1.29 is 28.7 Å². The van der Waals surface area contributed by atoms with E-state index in [0.29, 0.717) is 5.56 Å². The Bertz CT molecular complexity index is 1440. The molecule has 3 aromatic rings. The molecular weight excluding hydrogens is 362 g/mol. The quantitative estimate of drug-likeness (QED) is 0.491. The van der Waals surface area contributed by atoms with Crippen LogP contribution in [0.2, 0.25) is 0 Å². The molecule has 0 aromatic heterocycles. The Balaban J connectivity index is 1.98. The second-order valence-corrected chi connectivity index (χ2v) is 6.40. The highest BCUT2D eigenvalue weighted by Crippen LogP contribution is 2.22. The van der Waals surface area contributed by atoms with Crippen molar-refractivity contribution >= 4 is 5.97 Å². The zero-order valence-corrected chi connectivity index (χ0v) is 15.8. The Hall–Kier alpha value is -2.95. The van der Waals surface area contributed by atoms with Crippen LogP contribution in [-0.4, -0.2) is 29.2 Å². The average Bonchev–Trinajstić information content (AvgIpc) is 2.86. The second kappa shape index (κ2) is 10.0. The van der Waals surface area contributed by atoms with Crippen LogP contribution in [0.25, 0.3) is 11.1 Å². The lowest BCUT2D eigenvalue weighted by Gasteiger charge is -2.13. The summed E-state index contributed by atoms with van der Waals surface area (Å²) >= 11 is 0. The molecule has 150 valence electrons. The molecule has 0 radical (unpaired) electrons. The van der Waals surface area contributed by atoms with E-state index >= 15 is 0 Å². The number of aromatic carboxylic acids is 1. The van der Waals surface area contributed by atoms with E-state index in [1.54, 1.807) is 18.2 Å². The highest BCUT2D eigenvalue weighted by Gasteiger charge is 2.07. The van der Waals surface area contributed by atoms with Gasteiger partial charge in [-0.2, -0.15) is 0 Å². The maximum Gasteiger partial charge on any atom is 0.335 e. The number of nitrogens with one attached hydrogen (secondary N) is 1. The standard InChI is InChI=1S/C25H27NO3/c1-18-6-2-11-22(14-18)24(27)17-26-13-5-8-19-7-3-9-20(15-19)21-10-4-12-23(16-21)25(28)29/h2-4,6-7,9-12,14-16,24,26-27H,5,8,13,17H2,1H3,(H,28,29)/t24-/m0/s1/i3D,4D,7D,9D,10D,12D,13D2,15D,16D.